The summed E-state index contributed by atoms with van der Waals surface area (Å²) in [5, 5.41) is 13.2. The zero-order valence-electron chi connectivity index (χ0n) is 7.74. The van der Waals surface area contributed by atoms with Gasteiger partial charge >= 0.3 is 10.8 Å². The van der Waals surface area contributed by atoms with Gasteiger partial charge in [-0.3, -0.25) is 14.9 Å². The summed E-state index contributed by atoms with van der Waals surface area (Å²) < 4.78 is 0. The quantitative estimate of drug-likeness (QED) is 0.665. The number of hydrogen-bond donors (Lipinski definition) is 3. The average molecular weight is 216 g/mol. The van der Waals surface area contributed by atoms with Crippen LogP contribution in [0.2, 0.25) is 0 Å². The highest BCUT2D eigenvalue weighted by molar-refractivity contribution is 7.07. The van der Waals surface area contributed by atoms with Gasteiger partial charge in [0.15, 0.2) is 0 Å². The molecule has 5 nitrogen and oxygen atoms in total. The maximum atomic E-state index is 10.8. The first-order valence-corrected chi connectivity index (χ1v) is 5.14. The monoisotopic (exact) mass is 216 g/mol. The number of H-pyrrole nitrogens is 1. The zero-order valence-corrected chi connectivity index (χ0v) is 8.56. The molecule has 0 aliphatic rings. The van der Waals surface area contributed by atoms with E-state index >= 15 is 0 Å². The molecule has 1 rings (SSSR count). The molecule has 0 fully saturated rings. The van der Waals surface area contributed by atoms with Gasteiger partial charge in [0.1, 0.15) is 6.04 Å². The minimum absolute atomic E-state index is 0.120. The topological polar surface area (TPSA) is 82.2 Å². The summed E-state index contributed by atoms with van der Waals surface area (Å²) in [5.74, 6) is -0.870. The SMILES string of the molecule is CCC(NCc1csc(=O)[nH]1)C(=O)O. The minimum Gasteiger partial charge on any atom is -0.480 e. The maximum absolute atomic E-state index is 10.8. The van der Waals surface area contributed by atoms with Crippen molar-refractivity contribution in [3.63, 3.8) is 0 Å². The van der Waals surface area contributed by atoms with Crippen LogP contribution >= 0.6 is 11.3 Å². The Balaban J connectivity index is 2.47. The molecule has 1 heterocycles. The van der Waals surface area contributed by atoms with E-state index in [1.54, 1.807) is 12.3 Å². The summed E-state index contributed by atoms with van der Waals surface area (Å²) in [7, 11) is 0. The van der Waals surface area contributed by atoms with E-state index in [9.17, 15) is 9.59 Å². The van der Waals surface area contributed by atoms with Crippen LogP contribution in [0.4, 0.5) is 0 Å². The van der Waals surface area contributed by atoms with Crippen LogP contribution in [0.3, 0.4) is 0 Å². The molecule has 1 atom stereocenters. The Morgan fingerprint density at radius 2 is 2.50 bits per heavy atom. The molecule has 0 aliphatic heterocycles. The van der Waals surface area contributed by atoms with Gasteiger partial charge in [0.25, 0.3) is 0 Å². The molecular weight excluding hydrogens is 204 g/mol. The van der Waals surface area contributed by atoms with Crippen LogP contribution in [-0.2, 0) is 11.3 Å². The van der Waals surface area contributed by atoms with Crippen LogP contribution in [-0.4, -0.2) is 22.1 Å². The van der Waals surface area contributed by atoms with Crippen LogP contribution in [0.25, 0.3) is 0 Å². The van der Waals surface area contributed by atoms with Crippen LogP contribution < -0.4 is 10.2 Å². The molecule has 0 radical (unpaired) electrons. The van der Waals surface area contributed by atoms with E-state index in [-0.39, 0.29) is 4.87 Å². The molecule has 3 N–H and O–H groups in total. The lowest BCUT2D eigenvalue weighted by atomic mass is 10.2. The fourth-order valence-corrected chi connectivity index (χ4v) is 1.62. The predicted octanol–water partition coefficient (Wildman–Crippen LogP) is 0.389. The number of aromatic amines is 1. The van der Waals surface area contributed by atoms with Crippen molar-refractivity contribution in [2.45, 2.75) is 25.9 Å². The van der Waals surface area contributed by atoms with E-state index in [1.807, 2.05) is 0 Å². The lowest BCUT2D eigenvalue weighted by Gasteiger charge is -2.10. The van der Waals surface area contributed by atoms with Crippen molar-refractivity contribution < 1.29 is 9.90 Å². The number of rotatable bonds is 5. The van der Waals surface area contributed by atoms with Crippen molar-refractivity contribution in [2.75, 3.05) is 0 Å². The Hall–Kier alpha value is -1.14. The highest BCUT2D eigenvalue weighted by atomic mass is 32.1. The van der Waals surface area contributed by atoms with Gasteiger partial charge in [-0.05, 0) is 6.42 Å². The number of carboxylic acid groups (broad SMARTS) is 1. The molecule has 1 unspecified atom stereocenters. The fourth-order valence-electron chi connectivity index (χ4n) is 1.04. The zero-order chi connectivity index (χ0) is 10.6. The van der Waals surface area contributed by atoms with Crippen LogP contribution in [0, 0.1) is 0 Å². The first-order chi connectivity index (χ1) is 6.63. The largest absolute Gasteiger partial charge is 0.480 e. The van der Waals surface area contributed by atoms with Gasteiger partial charge < -0.3 is 10.1 Å². The first kappa shape index (κ1) is 10.9. The number of aromatic nitrogens is 1. The molecule has 0 aliphatic carbocycles. The van der Waals surface area contributed by atoms with Crippen LogP contribution in [0.5, 0.6) is 0 Å². The number of aliphatic carboxylic acids is 1. The molecule has 0 aromatic carbocycles. The second-order valence-electron chi connectivity index (χ2n) is 2.85. The molecule has 6 heteroatoms. The molecule has 0 bridgehead atoms. The molecule has 14 heavy (non-hydrogen) atoms. The van der Waals surface area contributed by atoms with Gasteiger partial charge in [-0.2, -0.15) is 0 Å². The Kier molecular flexibility index (Phi) is 3.84. The van der Waals surface area contributed by atoms with E-state index in [0.29, 0.717) is 13.0 Å². The van der Waals surface area contributed by atoms with Gasteiger partial charge in [-0.15, -0.1) is 0 Å². The van der Waals surface area contributed by atoms with Gasteiger partial charge in [0.2, 0.25) is 0 Å². The van der Waals surface area contributed by atoms with Gasteiger partial charge in [-0.1, -0.05) is 18.3 Å². The summed E-state index contributed by atoms with van der Waals surface area (Å²) in [5.41, 5.74) is 0.722. The Morgan fingerprint density at radius 1 is 1.79 bits per heavy atom. The van der Waals surface area contributed by atoms with Gasteiger partial charge in [0, 0.05) is 17.6 Å². The standard InChI is InChI=1S/C8H12N2O3S/c1-2-6(7(11)12)9-3-5-4-14-8(13)10-5/h4,6,9H,2-3H2,1H3,(H,10,13)(H,11,12). The Bertz CT molecular complexity index is 357. The number of nitrogens with one attached hydrogen (secondary N) is 2. The van der Waals surface area contributed by atoms with E-state index < -0.39 is 12.0 Å². The van der Waals surface area contributed by atoms with Crippen molar-refractivity contribution in [3.05, 3.63) is 20.7 Å². The Morgan fingerprint density at radius 3 is 2.93 bits per heavy atom. The second-order valence-corrected chi connectivity index (χ2v) is 3.70. The van der Waals surface area contributed by atoms with Crippen molar-refractivity contribution in [3.8, 4) is 0 Å². The van der Waals surface area contributed by atoms with E-state index in [4.69, 9.17) is 5.11 Å². The van der Waals surface area contributed by atoms with E-state index in [2.05, 4.69) is 10.3 Å². The molecule has 0 amide bonds. The normalized spacial score (nSPS) is 12.6. The van der Waals surface area contributed by atoms with Crippen LogP contribution in [0.1, 0.15) is 19.0 Å². The number of hydrogen-bond acceptors (Lipinski definition) is 4. The lowest BCUT2D eigenvalue weighted by molar-refractivity contribution is -0.139. The third-order valence-corrected chi connectivity index (χ3v) is 2.53. The van der Waals surface area contributed by atoms with E-state index in [0.717, 1.165) is 17.0 Å². The maximum Gasteiger partial charge on any atom is 0.320 e. The lowest BCUT2D eigenvalue weighted by Crippen LogP contribution is -2.35. The molecule has 0 saturated heterocycles. The fraction of sp³-hybridized carbons (Fsp3) is 0.500. The third kappa shape index (κ3) is 2.97. The molecule has 1 aromatic rings. The number of carbonyl (C=O) groups is 1. The molecule has 0 saturated carbocycles. The van der Waals surface area contributed by atoms with Gasteiger partial charge in [-0.25, -0.2) is 0 Å². The third-order valence-electron chi connectivity index (χ3n) is 1.82. The number of thiazole rings is 1. The summed E-state index contributed by atoms with van der Waals surface area (Å²) in [6.07, 6.45) is 0.518. The summed E-state index contributed by atoms with van der Waals surface area (Å²) >= 11 is 1.07. The first-order valence-electron chi connectivity index (χ1n) is 4.26. The van der Waals surface area contributed by atoms with Crippen molar-refractivity contribution in [1.29, 1.82) is 0 Å². The smallest absolute Gasteiger partial charge is 0.320 e. The molecule has 0 spiro atoms. The number of carboxylic acids is 1. The van der Waals surface area contributed by atoms with E-state index in [1.165, 1.54) is 0 Å². The summed E-state index contributed by atoms with van der Waals surface area (Å²) in [6, 6.07) is -0.557. The van der Waals surface area contributed by atoms with Crippen molar-refractivity contribution >= 4 is 17.3 Å². The Labute approximate surface area is 84.8 Å². The minimum atomic E-state index is -0.870. The van der Waals surface area contributed by atoms with Crippen molar-refractivity contribution in [2.24, 2.45) is 0 Å². The van der Waals surface area contributed by atoms with Gasteiger partial charge in [0.05, 0.1) is 0 Å². The second kappa shape index (κ2) is 4.92. The van der Waals surface area contributed by atoms with Crippen LogP contribution in [0.15, 0.2) is 10.2 Å². The van der Waals surface area contributed by atoms with Crippen molar-refractivity contribution in [1.82, 2.24) is 10.3 Å². The molecular formula is C8H12N2O3S. The summed E-state index contributed by atoms with van der Waals surface area (Å²) in [4.78, 5) is 23.9. The predicted molar refractivity (Wildman–Crippen MR) is 53.5 cm³/mol. The summed E-state index contributed by atoms with van der Waals surface area (Å²) in [6.45, 7) is 2.17. The average Bonchev–Trinajstić information content (AvgIpc) is 2.52. The molecule has 1 aromatic heterocycles. The molecule has 78 valence electrons. The highest BCUT2D eigenvalue weighted by Gasteiger charge is 2.13. The highest BCUT2D eigenvalue weighted by Crippen LogP contribution is 1.97.